The molecular weight excluding hydrogens is 1580 g/mol. The summed E-state index contributed by atoms with van der Waals surface area (Å²) < 4.78 is 31.6. The first-order valence-corrected chi connectivity index (χ1v) is 38.5. The van der Waals surface area contributed by atoms with Gasteiger partial charge in [-0.15, -0.1) is 45.3 Å². The number of nitrogens with one attached hydrogen (secondary N) is 3. The van der Waals surface area contributed by atoms with Crippen molar-refractivity contribution in [3.05, 3.63) is 343 Å². The number of aliphatic hydroxyl groups is 1. The lowest BCUT2D eigenvalue weighted by atomic mass is 10.0. The van der Waals surface area contributed by atoms with E-state index in [9.17, 15) is 13.9 Å². The molecule has 0 aliphatic carbocycles. The highest BCUT2D eigenvalue weighted by molar-refractivity contribution is 7.10. The maximum absolute atomic E-state index is 13.2. The molecule has 10 aromatic heterocycles. The van der Waals surface area contributed by atoms with Crippen molar-refractivity contribution in [2.45, 2.75) is 55.1 Å². The van der Waals surface area contributed by atoms with Gasteiger partial charge in [0.05, 0.1) is 67.2 Å². The first kappa shape index (κ1) is 86.2. The van der Waals surface area contributed by atoms with Crippen LogP contribution < -0.4 is 56.9 Å². The van der Waals surface area contributed by atoms with Gasteiger partial charge in [0.1, 0.15) is 28.5 Å². The Hall–Kier alpha value is -11.4. The number of aromatic nitrogens is 10. The maximum atomic E-state index is 13.2. The van der Waals surface area contributed by atoms with Gasteiger partial charge >= 0.3 is 0 Å². The van der Waals surface area contributed by atoms with E-state index >= 15 is 0 Å². The van der Waals surface area contributed by atoms with Gasteiger partial charge in [0, 0.05) is 115 Å². The molecule has 0 radical (unpaired) electrons. The summed E-state index contributed by atoms with van der Waals surface area (Å²) in [5.74, 6) is 29.7. The number of aromatic amines is 3. The number of benzene rings is 5. The number of H-pyrrole nitrogens is 3. The highest BCUT2D eigenvalue weighted by Crippen LogP contribution is 2.30. The van der Waals surface area contributed by atoms with Gasteiger partial charge in [-0.2, -0.15) is 4.98 Å². The first-order chi connectivity index (χ1) is 52.9. The van der Waals surface area contributed by atoms with Crippen LogP contribution in [0.3, 0.4) is 0 Å². The van der Waals surface area contributed by atoms with Gasteiger partial charge in [-0.3, -0.25) is 15.0 Å². The van der Waals surface area contributed by atoms with Crippen molar-refractivity contribution >= 4 is 68.3 Å². The van der Waals surface area contributed by atoms with Gasteiger partial charge in [-0.1, -0.05) is 106 Å². The van der Waals surface area contributed by atoms with Crippen LogP contribution in [0.1, 0.15) is 98.0 Å². The lowest BCUT2D eigenvalue weighted by Crippen LogP contribution is -3.00. The van der Waals surface area contributed by atoms with Crippen molar-refractivity contribution in [2.24, 2.45) is 0 Å². The number of aliphatic hydroxyl groups excluding tert-OH is 1. The highest BCUT2D eigenvalue weighted by atomic mass is 35.5. The first-order valence-electron chi connectivity index (χ1n) is 33.7. The standard InChI is InChI=1S/C19H16N2OS.C18H14N2OS.C18H14N2S.C17H11ClN2S.C17H10F2N2S.3ClH/c1-13-4-9-19(22-3)17(10-13)18-8-6-15(11-20-18)5-7-16-12-23-14(2)21-16;1-13-20-16(12-22-13)8-6-14-7-9-18(19-10-14)17-5-3-2-4-15(17)11-21;1-13-3-7-16(8-4-13)18-10-6-15(11-19-18)5-9-17-12-21-14(2)20-17;1-12-20-17(11-21-12)6-5-13-7-15(10-19-9-13)14-3-2-4-16(18)8-14;1-11-21-14(10-22-11)5-2-12-3-7-17(20-9-12)13-4-6-15(18)16(19)8-13;;;/h4,6,8-12H,1-3H3;2-5,7,9-10,12,21H,11H2,1H3;3-4,6-8,10-12H,1-2H3;2-4,7-11H,1H3;3-4,6-10H,1H3;3*1H. The molecule has 23 heteroatoms. The van der Waals surface area contributed by atoms with Crippen molar-refractivity contribution in [3.63, 3.8) is 0 Å². The van der Waals surface area contributed by atoms with Crippen LogP contribution in [0.5, 0.6) is 5.75 Å². The lowest BCUT2D eigenvalue weighted by Gasteiger charge is -2.08. The summed E-state index contributed by atoms with van der Waals surface area (Å²) >= 11 is 14.0. The Labute approximate surface area is 694 Å². The second kappa shape index (κ2) is 43.3. The fraction of sp³-hybridized carbons (Fsp3) is 0.101. The topological polar surface area (TPSA) is 162 Å². The van der Waals surface area contributed by atoms with Gasteiger partial charge < -0.3 is 47.1 Å². The molecule has 12 nitrogen and oxygen atoms in total. The minimum absolute atomic E-state index is 0. The van der Waals surface area contributed by atoms with Crippen LogP contribution in [0.25, 0.3) is 56.2 Å². The zero-order chi connectivity index (χ0) is 76.4. The van der Waals surface area contributed by atoms with E-state index in [0.29, 0.717) is 16.3 Å². The average molecular weight is 1650 g/mol. The Morgan fingerprint density at radius 1 is 0.420 bits per heavy atom. The SMILES string of the molecule is COc1ccc(C)cc1-c1ccc(C#Cc2csc(C)n2)cn1.Cc1ccc(-c2ccc(C#Cc3csc(C)[nH+]3)c[nH+]2)cc1.Cc1nc(C#Cc2ccc(-c3ccc(F)c(F)c3)nc2)cs1.Cc1nc(C#Cc2ccc(-c3ccccc3CO)[nH+]c2)cs1.Cc1nc(C#Cc2cncc(-c3cccc(Cl)c3)c2)cs1.[Cl-].[Cl-].[Cl-]. The molecule has 0 fully saturated rings. The van der Waals surface area contributed by atoms with Crippen LogP contribution in [0, 0.1) is 119 Å². The Kier molecular flexibility index (Phi) is 33.3. The predicted molar refractivity (Wildman–Crippen MR) is 436 cm³/mol. The highest BCUT2D eigenvalue weighted by Gasteiger charge is 2.13. The number of pyridine rings is 5. The van der Waals surface area contributed by atoms with E-state index in [1.54, 1.807) is 94.5 Å². The van der Waals surface area contributed by atoms with Gasteiger partial charge in [0.25, 0.3) is 5.69 Å². The number of nitrogens with zero attached hydrogens (tertiary/aromatic N) is 7. The van der Waals surface area contributed by atoms with Crippen molar-refractivity contribution < 1.29 is 70.8 Å². The summed E-state index contributed by atoms with van der Waals surface area (Å²) in [4.78, 5) is 40.0. The Balaban J connectivity index is 0.000000174. The minimum atomic E-state index is -0.887. The van der Waals surface area contributed by atoms with Crippen molar-refractivity contribution in [1.29, 1.82) is 0 Å². The summed E-state index contributed by atoms with van der Waals surface area (Å²) in [7, 11) is 1.67. The van der Waals surface area contributed by atoms with E-state index < -0.39 is 11.6 Å². The predicted octanol–water partition coefficient (Wildman–Crippen LogP) is 9.89. The number of aryl methyl sites for hydroxylation is 7. The molecule has 0 atom stereocenters. The number of thiazole rings is 5. The quantitative estimate of drug-likeness (QED) is 0.153. The molecular formula is C89H68Cl4F2N10O2S5. The van der Waals surface area contributed by atoms with Gasteiger partial charge in [-0.05, 0) is 185 Å². The number of hydrogen-bond acceptors (Lipinski definition) is 14. The Morgan fingerprint density at radius 2 is 0.946 bits per heavy atom. The molecule has 4 N–H and O–H groups in total. The molecule has 0 saturated carbocycles. The molecule has 15 aromatic rings. The van der Waals surface area contributed by atoms with E-state index in [2.05, 4.69) is 159 Å². The summed E-state index contributed by atoms with van der Waals surface area (Å²) in [6.45, 7) is 14.0. The smallest absolute Gasteiger partial charge is 0.266 e. The minimum Gasteiger partial charge on any atom is -1.00 e. The Morgan fingerprint density at radius 3 is 1.45 bits per heavy atom. The molecule has 558 valence electrons. The van der Waals surface area contributed by atoms with Gasteiger partial charge in [-0.25, -0.2) is 38.7 Å². The zero-order valence-electron chi connectivity index (χ0n) is 61.4. The molecule has 5 aromatic carbocycles. The van der Waals surface area contributed by atoms with Crippen LogP contribution in [0.4, 0.5) is 8.78 Å². The van der Waals surface area contributed by atoms with Crippen molar-refractivity contribution in [1.82, 2.24) is 34.9 Å². The molecule has 0 aliphatic rings. The van der Waals surface area contributed by atoms with Crippen LogP contribution in [-0.4, -0.2) is 47.1 Å². The third-order valence-electron chi connectivity index (χ3n) is 15.6. The van der Waals surface area contributed by atoms with Crippen molar-refractivity contribution in [2.75, 3.05) is 7.11 Å². The van der Waals surface area contributed by atoms with Crippen LogP contribution >= 0.6 is 68.3 Å². The summed E-state index contributed by atoms with van der Waals surface area (Å²) in [5.41, 5.74) is 21.0. The molecule has 0 spiro atoms. The number of methoxy groups -OCH3 is 1. The largest absolute Gasteiger partial charge is 1.00 e. The molecule has 0 bridgehead atoms. The molecule has 15 rings (SSSR count). The number of rotatable bonds is 7. The van der Waals surface area contributed by atoms with Crippen LogP contribution in [0.2, 0.25) is 5.02 Å². The van der Waals surface area contributed by atoms with Gasteiger partial charge in [0.2, 0.25) is 16.4 Å². The lowest BCUT2D eigenvalue weighted by molar-refractivity contribution is -0.383. The van der Waals surface area contributed by atoms with E-state index in [1.165, 1.54) is 27.8 Å². The molecule has 0 aliphatic heterocycles. The van der Waals surface area contributed by atoms with E-state index in [4.69, 9.17) is 16.3 Å². The van der Waals surface area contributed by atoms with E-state index in [0.717, 1.165) is 139 Å². The van der Waals surface area contributed by atoms with E-state index in [-0.39, 0.29) is 43.8 Å². The van der Waals surface area contributed by atoms with E-state index in [1.807, 2.05) is 177 Å². The molecule has 0 amide bonds. The number of ether oxygens (including phenoxy) is 1. The summed E-state index contributed by atoms with van der Waals surface area (Å²) in [6.07, 6.45) is 10.8. The fourth-order valence-electron chi connectivity index (χ4n) is 10.1. The maximum Gasteiger partial charge on any atom is 0.266 e. The normalized spacial score (nSPS) is 9.79. The summed E-state index contributed by atoms with van der Waals surface area (Å²) in [5, 5.41) is 25.1. The third-order valence-corrected chi connectivity index (χ3v) is 19.7. The Bertz CT molecular complexity index is 5970. The molecule has 0 unspecified atom stereocenters. The second-order valence-corrected chi connectivity index (χ2v) is 29.7. The molecule has 10 heterocycles. The number of halogens is 6. The third kappa shape index (κ3) is 26.1. The molecule has 112 heavy (non-hydrogen) atoms. The zero-order valence-corrected chi connectivity index (χ0v) is 68.5. The summed E-state index contributed by atoms with van der Waals surface area (Å²) in [6, 6.07) is 51.2. The average Bonchev–Trinajstić information content (AvgIpc) is 1.77. The van der Waals surface area contributed by atoms with Crippen molar-refractivity contribution in [3.8, 4) is 121 Å². The fourth-order valence-corrected chi connectivity index (χ4v) is 13.1. The monoisotopic (exact) mass is 1650 g/mol. The van der Waals surface area contributed by atoms with Gasteiger partial charge in [0.15, 0.2) is 24.0 Å². The van der Waals surface area contributed by atoms with Crippen LogP contribution in [-0.2, 0) is 6.61 Å². The van der Waals surface area contributed by atoms with Crippen LogP contribution in [0.15, 0.2) is 228 Å². The number of hydrogen-bond donors (Lipinski definition) is 1. The second-order valence-electron chi connectivity index (χ2n) is 23.9. The molecule has 0 saturated heterocycles.